The van der Waals surface area contributed by atoms with Gasteiger partial charge in [0, 0.05) is 17.5 Å². The summed E-state index contributed by atoms with van der Waals surface area (Å²) in [5.74, 6) is 2.63. The molecule has 4 aliphatic carbocycles. The van der Waals surface area contributed by atoms with Crippen LogP contribution in [0.5, 0.6) is 0 Å². The van der Waals surface area contributed by atoms with Crippen LogP contribution >= 0.6 is 0 Å². The van der Waals surface area contributed by atoms with Gasteiger partial charge < -0.3 is 5.32 Å². The Labute approximate surface area is 133 Å². The van der Waals surface area contributed by atoms with Gasteiger partial charge in [-0.05, 0) is 61.8 Å². The molecule has 22 heavy (non-hydrogen) atoms. The molecule has 0 spiro atoms. The van der Waals surface area contributed by atoms with Crippen LogP contribution in [0.2, 0.25) is 0 Å². The predicted octanol–water partition coefficient (Wildman–Crippen LogP) is 4.08. The van der Waals surface area contributed by atoms with Gasteiger partial charge in [0.05, 0.1) is 0 Å². The number of nitrogens with one attached hydrogen (secondary N) is 1. The number of carbonyl (C=O) groups is 1. The van der Waals surface area contributed by atoms with Crippen LogP contribution in [0.25, 0.3) is 0 Å². The van der Waals surface area contributed by atoms with E-state index in [1.165, 1.54) is 38.5 Å². The number of amides is 1. The third kappa shape index (κ3) is 2.39. The Bertz CT molecular complexity index is 554. The summed E-state index contributed by atoms with van der Waals surface area (Å²) in [7, 11) is 0. The van der Waals surface area contributed by atoms with Crippen molar-refractivity contribution < 1.29 is 4.79 Å². The quantitative estimate of drug-likeness (QED) is 0.833. The Morgan fingerprint density at radius 3 is 2.14 bits per heavy atom. The van der Waals surface area contributed by atoms with E-state index in [2.05, 4.69) is 11.9 Å². The fourth-order valence-electron chi connectivity index (χ4n) is 5.61. The molecule has 0 saturated heterocycles. The highest BCUT2D eigenvalue weighted by molar-refractivity contribution is 5.94. The molecule has 1 amide bonds. The summed E-state index contributed by atoms with van der Waals surface area (Å²) in [5, 5.41) is 3.09. The molecule has 1 aromatic rings. The molecular weight excluding hydrogens is 270 g/mol. The van der Waals surface area contributed by atoms with Gasteiger partial charge in [-0.25, -0.2) is 0 Å². The summed E-state index contributed by atoms with van der Waals surface area (Å²) >= 11 is 0. The number of hydrogen-bond acceptors (Lipinski definition) is 1. The van der Waals surface area contributed by atoms with E-state index in [1.54, 1.807) is 0 Å². The second-order valence-electron chi connectivity index (χ2n) is 7.84. The summed E-state index contributed by atoms with van der Waals surface area (Å²) in [4.78, 5) is 12.6. The van der Waals surface area contributed by atoms with Crippen LogP contribution in [0.1, 0.15) is 44.1 Å². The fourth-order valence-corrected chi connectivity index (χ4v) is 5.61. The zero-order chi connectivity index (χ0) is 15.2. The van der Waals surface area contributed by atoms with Gasteiger partial charge in [0.1, 0.15) is 0 Å². The van der Waals surface area contributed by atoms with Gasteiger partial charge in [0.2, 0.25) is 5.91 Å². The topological polar surface area (TPSA) is 29.1 Å². The van der Waals surface area contributed by atoms with E-state index in [0.29, 0.717) is 6.54 Å². The molecule has 1 aromatic carbocycles. The van der Waals surface area contributed by atoms with Crippen molar-refractivity contribution in [1.29, 1.82) is 0 Å². The SMILES string of the molecule is C=C(C(=O)NCc1ccccc1)C12CC3CC(CC(C3)C1)C2. The Hall–Kier alpha value is -1.57. The number of carbonyl (C=O) groups excluding carboxylic acids is 1. The van der Waals surface area contributed by atoms with Crippen molar-refractivity contribution >= 4 is 5.91 Å². The van der Waals surface area contributed by atoms with Crippen LogP contribution in [-0.4, -0.2) is 5.91 Å². The normalized spacial score (nSPS) is 35.4. The minimum Gasteiger partial charge on any atom is -0.348 e. The highest BCUT2D eigenvalue weighted by Crippen LogP contribution is 2.62. The molecule has 4 aliphatic rings. The van der Waals surface area contributed by atoms with Gasteiger partial charge in [0.15, 0.2) is 0 Å². The first-order chi connectivity index (χ1) is 10.6. The molecule has 2 nitrogen and oxygen atoms in total. The van der Waals surface area contributed by atoms with E-state index < -0.39 is 0 Å². The molecule has 0 aromatic heterocycles. The zero-order valence-electron chi connectivity index (χ0n) is 13.2. The summed E-state index contributed by atoms with van der Waals surface area (Å²) < 4.78 is 0. The molecule has 4 bridgehead atoms. The van der Waals surface area contributed by atoms with Crippen molar-refractivity contribution in [3.05, 3.63) is 48.0 Å². The van der Waals surface area contributed by atoms with Crippen molar-refractivity contribution in [3.8, 4) is 0 Å². The van der Waals surface area contributed by atoms with E-state index in [9.17, 15) is 4.79 Å². The lowest BCUT2D eigenvalue weighted by molar-refractivity contribution is -0.121. The lowest BCUT2D eigenvalue weighted by Gasteiger charge is -2.57. The molecule has 0 radical (unpaired) electrons. The van der Waals surface area contributed by atoms with Crippen molar-refractivity contribution in [1.82, 2.24) is 5.32 Å². The molecule has 4 saturated carbocycles. The monoisotopic (exact) mass is 295 g/mol. The Morgan fingerprint density at radius 1 is 1.05 bits per heavy atom. The third-order valence-corrected chi connectivity index (χ3v) is 6.25. The molecule has 5 rings (SSSR count). The minimum atomic E-state index is 0.0748. The van der Waals surface area contributed by atoms with Crippen LogP contribution in [0.15, 0.2) is 42.5 Å². The second-order valence-corrected chi connectivity index (χ2v) is 7.84. The molecule has 2 heteroatoms. The first kappa shape index (κ1) is 14.0. The van der Waals surface area contributed by atoms with Gasteiger partial charge in [-0.3, -0.25) is 4.79 Å². The third-order valence-electron chi connectivity index (χ3n) is 6.25. The van der Waals surface area contributed by atoms with Crippen LogP contribution in [0.3, 0.4) is 0 Å². The Kier molecular flexibility index (Phi) is 3.36. The fraction of sp³-hybridized carbons (Fsp3) is 0.550. The van der Waals surface area contributed by atoms with Gasteiger partial charge in [-0.15, -0.1) is 0 Å². The summed E-state index contributed by atoms with van der Waals surface area (Å²) in [6.07, 6.45) is 7.82. The molecule has 4 fully saturated rings. The van der Waals surface area contributed by atoms with Crippen molar-refractivity contribution in [2.24, 2.45) is 23.2 Å². The van der Waals surface area contributed by atoms with E-state index in [0.717, 1.165) is 28.9 Å². The summed E-state index contributed by atoms with van der Waals surface area (Å²) in [6.45, 7) is 4.85. The summed E-state index contributed by atoms with van der Waals surface area (Å²) in [5.41, 5.74) is 2.13. The van der Waals surface area contributed by atoms with Crippen LogP contribution in [0, 0.1) is 23.2 Å². The Morgan fingerprint density at radius 2 is 1.59 bits per heavy atom. The van der Waals surface area contributed by atoms with E-state index in [1.807, 2.05) is 30.3 Å². The highest BCUT2D eigenvalue weighted by atomic mass is 16.1. The maximum atomic E-state index is 12.6. The van der Waals surface area contributed by atoms with Crippen molar-refractivity contribution in [3.63, 3.8) is 0 Å². The van der Waals surface area contributed by atoms with Crippen LogP contribution < -0.4 is 5.32 Å². The molecule has 0 unspecified atom stereocenters. The van der Waals surface area contributed by atoms with Gasteiger partial charge in [0.25, 0.3) is 0 Å². The van der Waals surface area contributed by atoms with Crippen LogP contribution in [0.4, 0.5) is 0 Å². The standard InChI is InChI=1S/C20H25NO/c1-14(19(22)21-13-15-5-3-2-4-6-15)20-10-16-7-17(11-20)9-18(8-16)12-20/h2-6,16-18H,1,7-13H2,(H,21,22). The molecule has 0 atom stereocenters. The smallest absolute Gasteiger partial charge is 0.247 e. The van der Waals surface area contributed by atoms with Gasteiger partial charge in [-0.1, -0.05) is 36.9 Å². The highest BCUT2D eigenvalue weighted by Gasteiger charge is 2.53. The second kappa shape index (κ2) is 5.26. The number of rotatable bonds is 4. The van der Waals surface area contributed by atoms with Crippen molar-refractivity contribution in [2.45, 2.75) is 45.1 Å². The lowest BCUT2D eigenvalue weighted by atomic mass is 9.48. The van der Waals surface area contributed by atoms with Gasteiger partial charge >= 0.3 is 0 Å². The summed E-state index contributed by atoms with van der Waals surface area (Å²) in [6, 6.07) is 10.1. The largest absolute Gasteiger partial charge is 0.348 e. The number of benzene rings is 1. The molecule has 0 heterocycles. The molecule has 1 N–H and O–H groups in total. The first-order valence-corrected chi connectivity index (χ1v) is 8.66. The molecule has 0 aliphatic heterocycles. The lowest BCUT2D eigenvalue weighted by Crippen LogP contribution is -2.49. The van der Waals surface area contributed by atoms with E-state index in [-0.39, 0.29) is 11.3 Å². The first-order valence-electron chi connectivity index (χ1n) is 8.66. The predicted molar refractivity (Wildman–Crippen MR) is 88.0 cm³/mol. The molecular formula is C20H25NO. The average molecular weight is 295 g/mol. The maximum Gasteiger partial charge on any atom is 0.247 e. The van der Waals surface area contributed by atoms with Crippen LogP contribution in [-0.2, 0) is 11.3 Å². The maximum absolute atomic E-state index is 12.6. The zero-order valence-corrected chi connectivity index (χ0v) is 13.2. The number of hydrogen-bond donors (Lipinski definition) is 1. The minimum absolute atomic E-state index is 0.0748. The van der Waals surface area contributed by atoms with E-state index in [4.69, 9.17) is 0 Å². The van der Waals surface area contributed by atoms with Gasteiger partial charge in [-0.2, -0.15) is 0 Å². The van der Waals surface area contributed by atoms with Crippen molar-refractivity contribution in [2.75, 3.05) is 0 Å². The molecule has 116 valence electrons. The average Bonchev–Trinajstić information content (AvgIpc) is 2.51. The Balaban J connectivity index is 1.44. The van der Waals surface area contributed by atoms with E-state index >= 15 is 0 Å².